The second-order valence-corrected chi connectivity index (χ2v) is 7.81. The molecule has 1 saturated heterocycles. The highest BCUT2D eigenvalue weighted by Crippen LogP contribution is 2.25. The zero-order valence-corrected chi connectivity index (χ0v) is 16.2. The summed E-state index contributed by atoms with van der Waals surface area (Å²) >= 11 is 0. The Morgan fingerprint density at radius 3 is 2.69 bits per heavy atom. The fourth-order valence-corrected chi connectivity index (χ4v) is 4.46. The largest absolute Gasteiger partial charge is 0.340 e. The van der Waals surface area contributed by atoms with Crippen LogP contribution >= 0.6 is 0 Å². The molecule has 0 bridgehead atoms. The van der Waals surface area contributed by atoms with E-state index in [1.807, 2.05) is 51.9 Å². The molecule has 0 unspecified atom stereocenters. The number of imidazole rings is 1. The van der Waals surface area contributed by atoms with Crippen molar-refractivity contribution in [2.45, 2.75) is 25.3 Å². The Kier molecular flexibility index (Phi) is 4.43. The molecule has 4 aromatic rings. The van der Waals surface area contributed by atoms with Gasteiger partial charge in [-0.1, -0.05) is 54.6 Å². The number of rotatable bonds is 3. The molecule has 1 atom stereocenters. The Bertz CT molecular complexity index is 1250. The number of hydrogen-bond acceptors (Lipinski definition) is 2. The lowest BCUT2D eigenvalue weighted by Crippen LogP contribution is -2.43. The van der Waals surface area contributed by atoms with Crippen molar-refractivity contribution in [3.05, 3.63) is 82.8 Å². The Morgan fingerprint density at radius 2 is 1.79 bits per heavy atom. The van der Waals surface area contributed by atoms with Gasteiger partial charge in [-0.25, -0.2) is 4.79 Å². The molecule has 0 radical (unpaired) electrons. The van der Waals surface area contributed by atoms with Crippen molar-refractivity contribution >= 4 is 27.7 Å². The number of carbonyl (C=O) groups is 1. The minimum Gasteiger partial charge on any atom is -0.340 e. The zero-order valence-electron chi connectivity index (χ0n) is 16.2. The van der Waals surface area contributed by atoms with E-state index in [4.69, 9.17) is 0 Å². The second kappa shape index (κ2) is 7.24. The average Bonchev–Trinajstić information content (AvgIpc) is 3.09. The first-order valence-corrected chi connectivity index (χ1v) is 10.1. The minimum atomic E-state index is -0.0972. The van der Waals surface area contributed by atoms with E-state index in [9.17, 15) is 9.59 Å². The molecule has 29 heavy (non-hydrogen) atoms. The van der Waals surface area contributed by atoms with Gasteiger partial charge in [-0.2, -0.15) is 0 Å². The lowest BCUT2D eigenvalue weighted by atomic mass is 10.0. The van der Waals surface area contributed by atoms with Crippen LogP contribution in [0, 0.1) is 0 Å². The molecule has 0 spiro atoms. The van der Waals surface area contributed by atoms with Crippen LogP contribution in [-0.2, 0) is 11.2 Å². The molecule has 5 rings (SSSR count). The second-order valence-electron chi connectivity index (χ2n) is 7.81. The van der Waals surface area contributed by atoms with Gasteiger partial charge in [-0.05, 0) is 41.3 Å². The van der Waals surface area contributed by atoms with Crippen LogP contribution in [0.1, 0.15) is 24.4 Å². The molecule has 1 amide bonds. The summed E-state index contributed by atoms with van der Waals surface area (Å²) in [7, 11) is 0. The number of aromatic amines is 1. The molecule has 5 heteroatoms. The number of aromatic nitrogens is 2. The number of hydrogen-bond donors (Lipinski definition) is 1. The van der Waals surface area contributed by atoms with Crippen LogP contribution in [0.5, 0.6) is 0 Å². The first-order chi connectivity index (χ1) is 14.2. The van der Waals surface area contributed by atoms with Crippen LogP contribution in [0.15, 0.2) is 71.5 Å². The molecule has 1 fully saturated rings. The van der Waals surface area contributed by atoms with E-state index in [0.29, 0.717) is 13.0 Å². The van der Waals surface area contributed by atoms with Gasteiger partial charge in [0.25, 0.3) is 0 Å². The van der Waals surface area contributed by atoms with Gasteiger partial charge in [-0.3, -0.25) is 9.36 Å². The molecule has 3 aromatic carbocycles. The van der Waals surface area contributed by atoms with Crippen LogP contribution in [0.4, 0.5) is 0 Å². The molecule has 2 heterocycles. The smallest absolute Gasteiger partial charge is 0.326 e. The summed E-state index contributed by atoms with van der Waals surface area (Å²) in [6.07, 6.45) is 2.20. The quantitative estimate of drug-likeness (QED) is 0.582. The van der Waals surface area contributed by atoms with Gasteiger partial charge < -0.3 is 9.88 Å². The summed E-state index contributed by atoms with van der Waals surface area (Å²) in [6, 6.07) is 22.1. The van der Waals surface area contributed by atoms with E-state index in [0.717, 1.165) is 41.4 Å². The monoisotopic (exact) mass is 385 g/mol. The first-order valence-electron chi connectivity index (χ1n) is 10.1. The van der Waals surface area contributed by atoms with Crippen LogP contribution in [-0.4, -0.2) is 33.4 Å². The van der Waals surface area contributed by atoms with Gasteiger partial charge in [0.15, 0.2) is 0 Å². The van der Waals surface area contributed by atoms with Crippen molar-refractivity contribution in [3.8, 4) is 0 Å². The normalized spacial score (nSPS) is 17.1. The lowest BCUT2D eigenvalue weighted by molar-refractivity contribution is -0.132. The first kappa shape index (κ1) is 17.7. The highest BCUT2D eigenvalue weighted by molar-refractivity contribution is 5.85. The average molecular weight is 385 g/mol. The Labute approximate surface area is 168 Å². The van der Waals surface area contributed by atoms with Crippen molar-refractivity contribution in [3.63, 3.8) is 0 Å². The summed E-state index contributed by atoms with van der Waals surface area (Å²) in [5.74, 6) is 0.123. The van der Waals surface area contributed by atoms with E-state index in [2.05, 4.69) is 29.2 Å². The number of H-pyrrole nitrogens is 1. The molecular weight excluding hydrogens is 362 g/mol. The Hall–Kier alpha value is -3.34. The number of nitrogens with zero attached hydrogens (tertiary/aromatic N) is 2. The van der Waals surface area contributed by atoms with Crippen molar-refractivity contribution < 1.29 is 4.79 Å². The van der Waals surface area contributed by atoms with Crippen molar-refractivity contribution in [1.82, 2.24) is 14.5 Å². The molecule has 0 saturated carbocycles. The molecule has 1 N–H and O–H groups in total. The maximum Gasteiger partial charge on any atom is 0.326 e. The van der Waals surface area contributed by atoms with Gasteiger partial charge >= 0.3 is 5.69 Å². The Morgan fingerprint density at radius 1 is 1.00 bits per heavy atom. The van der Waals surface area contributed by atoms with E-state index in [-0.39, 0.29) is 17.6 Å². The molecule has 1 aliphatic rings. The number of piperidine rings is 1. The number of carbonyl (C=O) groups excluding carboxylic acids is 1. The maximum absolute atomic E-state index is 13.0. The third-order valence-electron chi connectivity index (χ3n) is 5.91. The highest BCUT2D eigenvalue weighted by atomic mass is 16.2. The molecular formula is C24H23N3O2. The third-order valence-corrected chi connectivity index (χ3v) is 5.91. The fraction of sp³-hybridized carbons (Fsp3) is 0.250. The zero-order chi connectivity index (χ0) is 19.8. The SMILES string of the molecule is O=C(Cc1ccc2ccccc2c1)N1CCC[C@H](n2c(=O)[nH]c3ccccc32)C1. The highest BCUT2D eigenvalue weighted by Gasteiger charge is 2.27. The maximum atomic E-state index is 13.0. The summed E-state index contributed by atoms with van der Waals surface area (Å²) in [5, 5.41) is 2.33. The standard InChI is InChI=1S/C24H23N3O2/c28-23(15-17-11-12-18-6-1-2-7-19(18)14-17)26-13-5-8-20(16-26)27-22-10-4-3-9-21(22)25-24(27)29/h1-4,6-7,9-12,14,20H,5,8,13,15-16H2,(H,25,29)/t20-/m0/s1. The number of benzene rings is 3. The van der Waals surface area contributed by atoms with E-state index in [1.54, 1.807) is 0 Å². The van der Waals surface area contributed by atoms with Crippen LogP contribution in [0.3, 0.4) is 0 Å². The van der Waals surface area contributed by atoms with Gasteiger partial charge in [0.1, 0.15) is 0 Å². The van der Waals surface area contributed by atoms with Crippen LogP contribution in [0.2, 0.25) is 0 Å². The number of fused-ring (bicyclic) bond motifs is 2. The number of amides is 1. The van der Waals surface area contributed by atoms with Crippen molar-refractivity contribution in [2.24, 2.45) is 0 Å². The summed E-state index contributed by atoms with van der Waals surface area (Å²) < 4.78 is 1.82. The summed E-state index contributed by atoms with van der Waals surface area (Å²) in [5.41, 5.74) is 2.68. The molecule has 5 nitrogen and oxygen atoms in total. The summed E-state index contributed by atoms with van der Waals surface area (Å²) in [4.78, 5) is 30.4. The fourth-order valence-electron chi connectivity index (χ4n) is 4.46. The third kappa shape index (κ3) is 3.33. The minimum absolute atomic E-state index is 0.00736. The topological polar surface area (TPSA) is 58.1 Å². The molecule has 1 aromatic heterocycles. The Balaban J connectivity index is 1.36. The summed E-state index contributed by atoms with van der Waals surface area (Å²) in [6.45, 7) is 1.33. The number of nitrogens with one attached hydrogen (secondary N) is 1. The van der Waals surface area contributed by atoms with Gasteiger partial charge in [-0.15, -0.1) is 0 Å². The lowest BCUT2D eigenvalue weighted by Gasteiger charge is -2.33. The van der Waals surface area contributed by atoms with Gasteiger partial charge in [0.05, 0.1) is 23.5 Å². The molecule has 1 aliphatic heterocycles. The number of para-hydroxylation sites is 2. The van der Waals surface area contributed by atoms with Gasteiger partial charge in [0.2, 0.25) is 5.91 Å². The van der Waals surface area contributed by atoms with E-state index < -0.39 is 0 Å². The van der Waals surface area contributed by atoms with Crippen molar-refractivity contribution in [2.75, 3.05) is 13.1 Å². The van der Waals surface area contributed by atoms with Crippen molar-refractivity contribution in [1.29, 1.82) is 0 Å². The molecule has 0 aliphatic carbocycles. The van der Waals surface area contributed by atoms with Crippen LogP contribution < -0.4 is 5.69 Å². The molecule has 146 valence electrons. The number of likely N-dealkylation sites (tertiary alicyclic amines) is 1. The van der Waals surface area contributed by atoms with Crippen LogP contribution in [0.25, 0.3) is 21.8 Å². The predicted octanol–water partition coefficient (Wildman–Crippen LogP) is 3.89. The van der Waals surface area contributed by atoms with E-state index in [1.165, 1.54) is 5.39 Å². The van der Waals surface area contributed by atoms with Gasteiger partial charge in [0, 0.05) is 13.1 Å². The predicted molar refractivity (Wildman–Crippen MR) is 115 cm³/mol. The van der Waals surface area contributed by atoms with E-state index >= 15 is 0 Å².